The van der Waals surface area contributed by atoms with E-state index in [4.69, 9.17) is 4.74 Å². The minimum Gasteiger partial charge on any atom is -0.493 e. The zero-order valence-corrected chi connectivity index (χ0v) is 11.4. The molecule has 0 aliphatic rings. The number of rotatable bonds is 8. The van der Waals surface area contributed by atoms with Crippen LogP contribution in [0.25, 0.3) is 0 Å². The van der Waals surface area contributed by atoms with E-state index in [1.54, 1.807) is 18.2 Å². The number of nitrogens with zero attached hydrogens (tertiary/aromatic N) is 1. The predicted molar refractivity (Wildman–Crippen MR) is 75.4 cm³/mol. The summed E-state index contributed by atoms with van der Waals surface area (Å²) in [6, 6.07) is 4.97. The van der Waals surface area contributed by atoms with Gasteiger partial charge in [0.2, 0.25) is 0 Å². The van der Waals surface area contributed by atoms with Crippen molar-refractivity contribution >= 4 is 5.69 Å². The molecule has 0 radical (unpaired) electrons. The summed E-state index contributed by atoms with van der Waals surface area (Å²) in [7, 11) is 0. The molecule has 104 valence electrons. The van der Waals surface area contributed by atoms with Crippen LogP contribution in [-0.4, -0.2) is 17.6 Å². The van der Waals surface area contributed by atoms with E-state index in [-0.39, 0.29) is 5.69 Å². The van der Waals surface area contributed by atoms with Crippen molar-refractivity contribution < 1.29 is 9.66 Å². The molecule has 0 aromatic heterocycles. The lowest BCUT2D eigenvalue weighted by Gasteiger charge is -2.13. The van der Waals surface area contributed by atoms with Crippen molar-refractivity contribution in [1.29, 1.82) is 0 Å². The van der Waals surface area contributed by atoms with Gasteiger partial charge < -0.3 is 10.1 Å². The third kappa shape index (κ3) is 5.09. The first-order chi connectivity index (χ1) is 9.04. The Morgan fingerprint density at radius 2 is 2.26 bits per heavy atom. The van der Waals surface area contributed by atoms with Gasteiger partial charge in [-0.25, -0.2) is 0 Å². The molecule has 19 heavy (non-hydrogen) atoms. The Bertz CT molecular complexity index is 444. The number of nitro benzene ring substituents is 1. The molecule has 1 aromatic carbocycles. The van der Waals surface area contributed by atoms with E-state index in [1.165, 1.54) is 6.07 Å². The van der Waals surface area contributed by atoms with Crippen LogP contribution in [0.1, 0.15) is 25.8 Å². The molecule has 1 N–H and O–H groups in total. The summed E-state index contributed by atoms with van der Waals surface area (Å²) in [5, 5.41) is 14.0. The highest BCUT2D eigenvalue weighted by Crippen LogP contribution is 2.24. The fourth-order valence-electron chi connectivity index (χ4n) is 1.52. The highest BCUT2D eigenvalue weighted by molar-refractivity contribution is 5.43. The molecular weight excluding hydrogens is 244 g/mol. The summed E-state index contributed by atoms with van der Waals surface area (Å²) in [6.45, 7) is 8.74. The Morgan fingerprint density at radius 1 is 1.53 bits per heavy atom. The number of nitrogens with one attached hydrogen (secondary N) is 1. The first-order valence-corrected chi connectivity index (χ1v) is 6.29. The maximum absolute atomic E-state index is 10.8. The lowest BCUT2D eigenvalue weighted by molar-refractivity contribution is -0.384. The molecule has 0 aliphatic carbocycles. The molecule has 0 bridgehead atoms. The molecule has 0 spiro atoms. The Hall–Kier alpha value is -1.88. The van der Waals surface area contributed by atoms with Gasteiger partial charge in [-0.3, -0.25) is 10.1 Å². The minimum atomic E-state index is -0.396. The van der Waals surface area contributed by atoms with E-state index in [0.29, 0.717) is 24.9 Å². The molecule has 0 amide bonds. The predicted octanol–water partition coefficient (Wildman–Crippen LogP) is 3.05. The maximum atomic E-state index is 10.8. The number of hydrogen-bond acceptors (Lipinski definition) is 4. The van der Waals surface area contributed by atoms with E-state index < -0.39 is 4.92 Å². The van der Waals surface area contributed by atoms with E-state index >= 15 is 0 Å². The second-order valence-electron chi connectivity index (χ2n) is 4.51. The van der Waals surface area contributed by atoms with Crippen LogP contribution in [-0.2, 0) is 6.54 Å². The third-order valence-corrected chi connectivity index (χ3v) is 2.54. The first kappa shape index (κ1) is 15.2. The highest BCUT2D eigenvalue weighted by Gasteiger charge is 2.11. The van der Waals surface area contributed by atoms with Crippen LogP contribution >= 0.6 is 0 Å². The molecule has 5 nitrogen and oxygen atoms in total. The van der Waals surface area contributed by atoms with Crippen molar-refractivity contribution in [3.63, 3.8) is 0 Å². The molecule has 0 atom stereocenters. The van der Waals surface area contributed by atoms with Crippen molar-refractivity contribution in [2.24, 2.45) is 0 Å². The minimum absolute atomic E-state index is 0.0802. The van der Waals surface area contributed by atoms with Gasteiger partial charge in [0.25, 0.3) is 5.69 Å². The van der Waals surface area contributed by atoms with Gasteiger partial charge in [-0.15, -0.1) is 6.58 Å². The summed E-state index contributed by atoms with van der Waals surface area (Å²) in [5.74, 6) is 0.681. The van der Waals surface area contributed by atoms with E-state index in [9.17, 15) is 10.1 Å². The van der Waals surface area contributed by atoms with Gasteiger partial charge in [-0.2, -0.15) is 0 Å². The monoisotopic (exact) mass is 264 g/mol. The fraction of sp³-hybridized carbons (Fsp3) is 0.429. The molecule has 0 fully saturated rings. The average molecular weight is 264 g/mol. The topological polar surface area (TPSA) is 64.4 Å². The largest absolute Gasteiger partial charge is 0.493 e. The number of ether oxygens (including phenoxy) is 1. The lowest BCUT2D eigenvalue weighted by Crippen LogP contribution is -2.22. The van der Waals surface area contributed by atoms with Crippen LogP contribution in [0, 0.1) is 10.1 Å². The van der Waals surface area contributed by atoms with Crippen LogP contribution in [0.15, 0.2) is 30.9 Å². The van der Waals surface area contributed by atoms with E-state index in [1.807, 2.05) is 13.8 Å². The molecule has 0 heterocycles. The molecule has 0 saturated carbocycles. The van der Waals surface area contributed by atoms with Crippen LogP contribution < -0.4 is 10.1 Å². The van der Waals surface area contributed by atoms with Crippen LogP contribution in [0.3, 0.4) is 0 Å². The Balaban J connectivity index is 2.86. The standard InChI is InChI=1S/C14H20N2O3/c1-4-5-8-19-14-7-6-13(16(17)18)9-12(14)10-15-11(2)3/h4,6-7,9,11,15H,1,5,8,10H2,2-3H3. The summed E-state index contributed by atoms with van der Waals surface area (Å²) in [4.78, 5) is 10.4. The van der Waals surface area contributed by atoms with Gasteiger partial charge in [0.05, 0.1) is 11.5 Å². The van der Waals surface area contributed by atoms with Crippen molar-refractivity contribution in [1.82, 2.24) is 5.32 Å². The highest BCUT2D eigenvalue weighted by atomic mass is 16.6. The molecule has 5 heteroatoms. The number of benzene rings is 1. The number of non-ortho nitro benzene ring substituents is 1. The summed E-state index contributed by atoms with van der Waals surface area (Å²) >= 11 is 0. The van der Waals surface area contributed by atoms with Crippen molar-refractivity contribution in [3.05, 3.63) is 46.5 Å². The van der Waals surface area contributed by atoms with E-state index in [0.717, 1.165) is 12.0 Å². The Morgan fingerprint density at radius 3 is 2.84 bits per heavy atom. The normalized spacial score (nSPS) is 10.5. The second kappa shape index (κ2) is 7.53. The van der Waals surface area contributed by atoms with Gasteiger partial charge >= 0.3 is 0 Å². The van der Waals surface area contributed by atoms with Gasteiger partial charge in [0, 0.05) is 30.3 Å². The smallest absolute Gasteiger partial charge is 0.270 e. The Kier molecular flexibility index (Phi) is 6.02. The summed E-state index contributed by atoms with van der Waals surface area (Å²) in [6.07, 6.45) is 2.52. The molecule has 0 saturated heterocycles. The van der Waals surface area contributed by atoms with Crippen LogP contribution in [0.5, 0.6) is 5.75 Å². The van der Waals surface area contributed by atoms with Gasteiger partial charge in [-0.05, 0) is 12.5 Å². The maximum Gasteiger partial charge on any atom is 0.270 e. The summed E-state index contributed by atoms with van der Waals surface area (Å²) in [5.41, 5.74) is 0.878. The number of nitro groups is 1. The molecule has 1 rings (SSSR count). The van der Waals surface area contributed by atoms with Crippen molar-refractivity contribution in [3.8, 4) is 5.75 Å². The number of hydrogen-bond donors (Lipinski definition) is 1. The third-order valence-electron chi connectivity index (χ3n) is 2.54. The van der Waals surface area contributed by atoms with E-state index in [2.05, 4.69) is 11.9 Å². The van der Waals surface area contributed by atoms with Gasteiger partial charge in [0.1, 0.15) is 5.75 Å². The lowest BCUT2D eigenvalue weighted by atomic mass is 10.1. The van der Waals surface area contributed by atoms with Crippen molar-refractivity contribution in [2.75, 3.05) is 6.61 Å². The Labute approximate surface area is 113 Å². The van der Waals surface area contributed by atoms with Gasteiger partial charge in [0.15, 0.2) is 0 Å². The molecular formula is C14H20N2O3. The van der Waals surface area contributed by atoms with Crippen LogP contribution in [0.4, 0.5) is 5.69 Å². The second-order valence-corrected chi connectivity index (χ2v) is 4.51. The van der Waals surface area contributed by atoms with Gasteiger partial charge in [-0.1, -0.05) is 19.9 Å². The molecule has 0 aliphatic heterocycles. The van der Waals surface area contributed by atoms with Crippen molar-refractivity contribution in [2.45, 2.75) is 32.9 Å². The zero-order chi connectivity index (χ0) is 14.3. The average Bonchev–Trinajstić information content (AvgIpc) is 2.37. The SMILES string of the molecule is C=CCCOc1ccc([N+](=O)[O-])cc1CNC(C)C. The summed E-state index contributed by atoms with van der Waals surface area (Å²) < 4.78 is 5.61. The first-order valence-electron chi connectivity index (χ1n) is 6.29. The van der Waals surface area contributed by atoms with Crippen LogP contribution in [0.2, 0.25) is 0 Å². The quantitative estimate of drug-likeness (QED) is 0.339. The molecule has 1 aromatic rings. The fourth-order valence-corrected chi connectivity index (χ4v) is 1.52. The zero-order valence-electron chi connectivity index (χ0n) is 11.4. The molecule has 0 unspecified atom stereocenters.